The summed E-state index contributed by atoms with van der Waals surface area (Å²) in [6.45, 7) is 3.65. The molecule has 0 radical (unpaired) electrons. The second kappa shape index (κ2) is 15.2. The summed E-state index contributed by atoms with van der Waals surface area (Å²) in [5.74, 6) is 1.50. The quantitative estimate of drug-likeness (QED) is 0.118. The maximum absolute atomic E-state index is 12.3. The van der Waals surface area contributed by atoms with Gasteiger partial charge in [0.05, 0.1) is 6.61 Å². The van der Waals surface area contributed by atoms with Crippen LogP contribution < -0.4 is 14.2 Å². The van der Waals surface area contributed by atoms with Crippen LogP contribution >= 0.6 is 0 Å². The molecule has 0 unspecified atom stereocenters. The average Bonchev–Trinajstić information content (AvgIpc) is 2.99. The molecule has 0 spiro atoms. The first kappa shape index (κ1) is 27.8. The van der Waals surface area contributed by atoms with Crippen molar-refractivity contribution < 1.29 is 23.7 Å². The summed E-state index contributed by atoms with van der Waals surface area (Å²) in [6.07, 6.45) is 2.65. The van der Waals surface area contributed by atoms with Gasteiger partial charge in [-0.05, 0) is 47.2 Å². The third-order valence-corrected chi connectivity index (χ3v) is 6.16. The Morgan fingerprint density at radius 1 is 0.615 bits per heavy atom. The van der Waals surface area contributed by atoms with Gasteiger partial charge in [0.2, 0.25) is 5.75 Å². The normalized spacial score (nSPS) is 10.6. The van der Waals surface area contributed by atoms with E-state index in [2.05, 4.69) is 6.92 Å². The van der Waals surface area contributed by atoms with Crippen LogP contribution in [0.2, 0.25) is 0 Å². The Morgan fingerprint density at radius 3 is 1.54 bits per heavy atom. The number of ether oxygens (including phenoxy) is 4. The van der Waals surface area contributed by atoms with Gasteiger partial charge in [0.25, 0.3) is 0 Å². The van der Waals surface area contributed by atoms with E-state index in [9.17, 15) is 4.79 Å². The molecule has 39 heavy (non-hydrogen) atoms. The van der Waals surface area contributed by atoms with Gasteiger partial charge in [-0.3, -0.25) is 4.79 Å². The molecule has 4 rings (SSSR count). The first-order chi connectivity index (χ1) is 19.2. The Morgan fingerprint density at radius 2 is 1.08 bits per heavy atom. The number of rotatable bonds is 15. The van der Waals surface area contributed by atoms with E-state index in [-0.39, 0.29) is 12.4 Å². The molecule has 4 aromatic rings. The van der Waals surface area contributed by atoms with Gasteiger partial charge in [0, 0.05) is 6.42 Å². The number of aryl methyl sites for hydroxylation is 1. The summed E-state index contributed by atoms with van der Waals surface area (Å²) in [4.78, 5) is 12.3. The topological polar surface area (TPSA) is 54.0 Å². The minimum Gasteiger partial charge on any atom is -0.485 e. The molecule has 5 nitrogen and oxygen atoms in total. The molecule has 0 fully saturated rings. The minimum absolute atomic E-state index is 0.202. The van der Waals surface area contributed by atoms with Crippen molar-refractivity contribution in [2.75, 3.05) is 6.61 Å². The molecular weight excluding hydrogens is 488 g/mol. The molecule has 0 aromatic heterocycles. The predicted molar refractivity (Wildman–Crippen MR) is 153 cm³/mol. The molecule has 0 aliphatic heterocycles. The van der Waals surface area contributed by atoms with Crippen molar-refractivity contribution in [2.45, 2.75) is 52.4 Å². The lowest BCUT2D eigenvalue weighted by Crippen LogP contribution is -2.08. The van der Waals surface area contributed by atoms with Crippen LogP contribution in [-0.2, 0) is 35.8 Å². The summed E-state index contributed by atoms with van der Waals surface area (Å²) < 4.78 is 24.3. The highest BCUT2D eigenvalue weighted by Gasteiger charge is 2.18. The average molecular weight is 525 g/mol. The van der Waals surface area contributed by atoms with E-state index in [1.54, 1.807) is 0 Å². The molecule has 0 saturated carbocycles. The molecule has 202 valence electrons. The maximum atomic E-state index is 12.3. The fraction of sp³-hybridized carbons (Fsp3) is 0.265. The lowest BCUT2D eigenvalue weighted by atomic mass is 10.1. The molecule has 0 N–H and O–H groups in total. The molecule has 0 aliphatic carbocycles. The molecule has 0 bridgehead atoms. The van der Waals surface area contributed by atoms with Crippen LogP contribution in [0.3, 0.4) is 0 Å². The number of carbonyl (C=O) groups excluding carboxylic acids is 1. The molecule has 4 aromatic carbocycles. The van der Waals surface area contributed by atoms with Crippen LogP contribution in [0.5, 0.6) is 17.2 Å². The van der Waals surface area contributed by atoms with E-state index < -0.39 is 0 Å². The summed E-state index contributed by atoms with van der Waals surface area (Å²) in [5, 5.41) is 0. The predicted octanol–water partition coefficient (Wildman–Crippen LogP) is 7.70. The highest BCUT2D eigenvalue weighted by molar-refractivity contribution is 5.70. The number of benzene rings is 4. The summed E-state index contributed by atoms with van der Waals surface area (Å²) in [5.41, 5.74) is 4.05. The zero-order valence-corrected chi connectivity index (χ0v) is 22.5. The van der Waals surface area contributed by atoms with Crippen molar-refractivity contribution in [1.29, 1.82) is 0 Å². The first-order valence-corrected chi connectivity index (χ1v) is 13.5. The first-order valence-electron chi connectivity index (χ1n) is 13.5. The van der Waals surface area contributed by atoms with Gasteiger partial charge in [-0.15, -0.1) is 0 Å². The van der Waals surface area contributed by atoms with Crippen molar-refractivity contribution in [1.82, 2.24) is 0 Å². The van der Waals surface area contributed by atoms with E-state index in [4.69, 9.17) is 18.9 Å². The monoisotopic (exact) mass is 524 g/mol. The van der Waals surface area contributed by atoms with E-state index in [1.165, 1.54) is 0 Å². The van der Waals surface area contributed by atoms with Gasteiger partial charge in [-0.1, -0.05) is 104 Å². The Hall–Kier alpha value is -4.25. The molecule has 0 heterocycles. The molecule has 0 saturated heterocycles. The summed E-state index contributed by atoms with van der Waals surface area (Å²) in [6, 6.07) is 33.9. The highest BCUT2D eigenvalue weighted by Crippen LogP contribution is 2.40. The van der Waals surface area contributed by atoms with Gasteiger partial charge in [-0.2, -0.15) is 0 Å². The molecular formula is C34H36O5. The van der Waals surface area contributed by atoms with Gasteiger partial charge < -0.3 is 18.9 Å². The Kier molecular flexibility index (Phi) is 10.8. The second-order valence-corrected chi connectivity index (χ2v) is 9.32. The zero-order valence-electron chi connectivity index (χ0n) is 22.5. The van der Waals surface area contributed by atoms with Crippen molar-refractivity contribution in [2.24, 2.45) is 0 Å². The lowest BCUT2D eigenvalue weighted by Gasteiger charge is -2.19. The summed E-state index contributed by atoms with van der Waals surface area (Å²) >= 11 is 0. The van der Waals surface area contributed by atoms with Gasteiger partial charge >= 0.3 is 5.97 Å². The van der Waals surface area contributed by atoms with Crippen molar-refractivity contribution in [3.05, 3.63) is 125 Å². The fourth-order valence-corrected chi connectivity index (χ4v) is 3.98. The van der Waals surface area contributed by atoms with Crippen LogP contribution in [0.15, 0.2) is 103 Å². The smallest absolute Gasteiger partial charge is 0.306 e. The van der Waals surface area contributed by atoms with E-state index in [0.717, 1.165) is 35.1 Å². The van der Waals surface area contributed by atoms with Crippen LogP contribution in [0.25, 0.3) is 0 Å². The van der Waals surface area contributed by atoms with Crippen LogP contribution in [0.4, 0.5) is 0 Å². The SMILES string of the molecule is CCCCOC(=O)CCc1cc(OCc2ccccc2)c(OCc2ccccc2)c(OCc2ccccc2)c1. The van der Waals surface area contributed by atoms with E-state index in [0.29, 0.717) is 50.1 Å². The fourth-order valence-electron chi connectivity index (χ4n) is 3.98. The van der Waals surface area contributed by atoms with E-state index >= 15 is 0 Å². The lowest BCUT2D eigenvalue weighted by molar-refractivity contribution is -0.143. The minimum atomic E-state index is -0.202. The maximum Gasteiger partial charge on any atom is 0.306 e. The molecule has 0 aliphatic rings. The number of carbonyl (C=O) groups is 1. The highest BCUT2D eigenvalue weighted by atomic mass is 16.5. The molecule has 0 atom stereocenters. The van der Waals surface area contributed by atoms with Crippen LogP contribution in [-0.4, -0.2) is 12.6 Å². The summed E-state index contributed by atoms with van der Waals surface area (Å²) in [7, 11) is 0. The Labute approximate surface area is 231 Å². The number of hydrogen-bond acceptors (Lipinski definition) is 5. The van der Waals surface area contributed by atoms with Crippen LogP contribution in [0, 0.1) is 0 Å². The Bertz CT molecular complexity index is 1210. The second-order valence-electron chi connectivity index (χ2n) is 9.32. The van der Waals surface area contributed by atoms with Gasteiger partial charge in [0.15, 0.2) is 11.5 Å². The third kappa shape index (κ3) is 9.22. The van der Waals surface area contributed by atoms with Gasteiger partial charge in [-0.25, -0.2) is 0 Å². The standard InChI is InChI=1S/C34H36O5/c1-2-3-21-36-33(35)20-19-30-22-31(37-24-27-13-7-4-8-14-27)34(39-26-29-17-11-6-12-18-29)32(23-30)38-25-28-15-9-5-10-16-28/h4-18,22-23H,2-3,19-21,24-26H2,1H3. The molecule has 5 heteroatoms. The largest absolute Gasteiger partial charge is 0.485 e. The van der Waals surface area contributed by atoms with Gasteiger partial charge in [0.1, 0.15) is 19.8 Å². The van der Waals surface area contributed by atoms with Crippen LogP contribution in [0.1, 0.15) is 48.4 Å². The van der Waals surface area contributed by atoms with E-state index in [1.807, 2.05) is 103 Å². The third-order valence-electron chi connectivity index (χ3n) is 6.16. The molecule has 0 amide bonds. The van der Waals surface area contributed by atoms with Crippen molar-refractivity contribution in [3.8, 4) is 17.2 Å². The van der Waals surface area contributed by atoms with Crippen molar-refractivity contribution >= 4 is 5.97 Å². The zero-order chi connectivity index (χ0) is 27.1. The Balaban J connectivity index is 1.60. The number of hydrogen-bond donors (Lipinski definition) is 0. The number of esters is 1. The number of unbranched alkanes of at least 4 members (excludes halogenated alkanes) is 1. The van der Waals surface area contributed by atoms with Crippen molar-refractivity contribution in [3.63, 3.8) is 0 Å².